The molecular weight excluding hydrogens is 302 g/mol. The van der Waals surface area contributed by atoms with Crippen LogP contribution in [-0.2, 0) is 6.42 Å². The number of carboxylic acids is 1. The second-order valence-electron chi connectivity index (χ2n) is 3.46. The van der Waals surface area contributed by atoms with Crippen molar-refractivity contribution < 1.29 is 19.1 Å². The summed E-state index contributed by atoms with van der Waals surface area (Å²) in [6.07, 6.45) is 1.47. The molecular formula is C12H10BrNO4. The molecule has 0 saturated carbocycles. The number of aromatic nitrogens is 1. The second kappa shape index (κ2) is 5.68. The average Bonchev–Trinajstić information content (AvgIpc) is 2.80. The van der Waals surface area contributed by atoms with Crippen LogP contribution in [-0.4, -0.2) is 22.7 Å². The summed E-state index contributed by atoms with van der Waals surface area (Å²) >= 11 is 3.36. The maximum absolute atomic E-state index is 10.8. The molecule has 94 valence electrons. The van der Waals surface area contributed by atoms with Crippen molar-refractivity contribution in [3.8, 4) is 5.75 Å². The molecule has 0 fully saturated rings. The van der Waals surface area contributed by atoms with Crippen LogP contribution in [0.2, 0.25) is 0 Å². The highest BCUT2D eigenvalue weighted by Gasteiger charge is 2.15. The minimum absolute atomic E-state index is 0.0641. The summed E-state index contributed by atoms with van der Waals surface area (Å²) in [5.74, 6) is -0.0805. The Hall–Kier alpha value is -1.82. The van der Waals surface area contributed by atoms with Gasteiger partial charge in [0.2, 0.25) is 0 Å². The molecule has 1 N–H and O–H groups in total. The first-order valence-corrected chi connectivity index (χ1v) is 6.01. The number of carbonyl (C=O) groups is 1. The molecule has 0 atom stereocenters. The smallest absolute Gasteiger partial charge is 0.358 e. The standard InChI is InChI=1S/C12H10BrNO4/c13-8-3-1-2-4-9(8)17-6-5-10-11(12(15)16)14-7-18-10/h1-4,7H,5-6H2,(H,15,16). The molecule has 0 bridgehead atoms. The van der Waals surface area contributed by atoms with E-state index >= 15 is 0 Å². The summed E-state index contributed by atoms with van der Waals surface area (Å²) in [5, 5.41) is 8.84. The maximum Gasteiger partial charge on any atom is 0.358 e. The zero-order chi connectivity index (χ0) is 13.0. The van der Waals surface area contributed by atoms with Crippen molar-refractivity contribution in [1.29, 1.82) is 0 Å². The third-order valence-electron chi connectivity index (χ3n) is 2.27. The molecule has 6 heteroatoms. The first kappa shape index (κ1) is 12.6. The fourth-order valence-corrected chi connectivity index (χ4v) is 1.84. The molecule has 0 spiro atoms. The number of oxazole rings is 1. The molecule has 1 aromatic heterocycles. The van der Waals surface area contributed by atoms with Gasteiger partial charge in [0.1, 0.15) is 11.5 Å². The number of para-hydroxylation sites is 1. The van der Waals surface area contributed by atoms with Gasteiger partial charge in [-0.2, -0.15) is 0 Å². The van der Waals surface area contributed by atoms with Gasteiger partial charge in [0.25, 0.3) is 0 Å². The quantitative estimate of drug-likeness (QED) is 0.919. The summed E-state index contributed by atoms with van der Waals surface area (Å²) < 4.78 is 11.4. The van der Waals surface area contributed by atoms with Crippen molar-refractivity contribution in [3.05, 3.63) is 46.6 Å². The molecule has 18 heavy (non-hydrogen) atoms. The Morgan fingerprint density at radius 3 is 2.94 bits per heavy atom. The molecule has 2 aromatic rings. The van der Waals surface area contributed by atoms with Gasteiger partial charge in [-0.3, -0.25) is 0 Å². The minimum Gasteiger partial charge on any atom is -0.492 e. The van der Waals surface area contributed by atoms with Crippen molar-refractivity contribution in [2.24, 2.45) is 0 Å². The molecule has 0 unspecified atom stereocenters. The van der Waals surface area contributed by atoms with Crippen LogP contribution in [0.3, 0.4) is 0 Å². The number of ether oxygens (including phenoxy) is 1. The average molecular weight is 312 g/mol. The van der Waals surface area contributed by atoms with Crippen LogP contribution in [0.15, 0.2) is 39.5 Å². The van der Waals surface area contributed by atoms with Gasteiger partial charge in [-0.05, 0) is 28.1 Å². The number of halogens is 1. The van der Waals surface area contributed by atoms with Crippen LogP contribution < -0.4 is 4.74 Å². The lowest BCUT2D eigenvalue weighted by Gasteiger charge is -2.06. The molecule has 5 nitrogen and oxygen atoms in total. The number of benzene rings is 1. The van der Waals surface area contributed by atoms with Crippen LogP contribution in [0.1, 0.15) is 16.2 Å². The fourth-order valence-electron chi connectivity index (χ4n) is 1.44. The van der Waals surface area contributed by atoms with Gasteiger partial charge < -0.3 is 14.3 Å². The maximum atomic E-state index is 10.8. The first-order valence-electron chi connectivity index (χ1n) is 5.21. The van der Waals surface area contributed by atoms with E-state index in [1.165, 1.54) is 0 Å². The Balaban J connectivity index is 1.95. The van der Waals surface area contributed by atoms with E-state index in [2.05, 4.69) is 20.9 Å². The number of nitrogens with zero attached hydrogens (tertiary/aromatic N) is 1. The zero-order valence-corrected chi connectivity index (χ0v) is 10.9. The predicted molar refractivity (Wildman–Crippen MR) is 66.8 cm³/mol. The van der Waals surface area contributed by atoms with E-state index in [0.29, 0.717) is 24.5 Å². The third-order valence-corrected chi connectivity index (χ3v) is 2.92. The number of rotatable bonds is 5. The molecule has 0 radical (unpaired) electrons. The van der Waals surface area contributed by atoms with Gasteiger partial charge in [0, 0.05) is 6.42 Å². The number of hydrogen-bond acceptors (Lipinski definition) is 4. The van der Waals surface area contributed by atoms with Crippen LogP contribution in [0.5, 0.6) is 5.75 Å². The van der Waals surface area contributed by atoms with Gasteiger partial charge in [0.05, 0.1) is 11.1 Å². The van der Waals surface area contributed by atoms with Crippen LogP contribution >= 0.6 is 15.9 Å². The van der Waals surface area contributed by atoms with Crippen molar-refractivity contribution >= 4 is 21.9 Å². The van der Waals surface area contributed by atoms with Crippen molar-refractivity contribution in [2.75, 3.05) is 6.61 Å². The lowest BCUT2D eigenvalue weighted by atomic mass is 10.3. The number of carboxylic acid groups (broad SMARTS) is 1. The summed E-state index contributed by atoms with van der Waals surface area (Å²) in [6.45, 7) is 0.318. The van der Waals surface area contributed by atoms with Gasteiger partial charge in [-0.1, -0.05) is 12.1 Å². The topological polar surface area (TPSA) is 72.6 Å². The van der Waals surface area contributed by atoms with Crippen LogP contribution in [0.25, 0.3) is 0 Å². The fraction of sp³-hybridized carbons (Fsp3) is 0.167. The molecule has 0 aliphatic carbocycles. The largest absolute Gasteiger partial charge is 0.492 e. The summed E-state index contributed by atoms with van der Waals surface area (Å²) in [5.41, 5.74) is -0.0641. The Labute approximate surface area is 112 Å². The molecule has 0 aliphatic heterocycles. The first-order chi connectivity index (χ1) is 8.68. The van der Waals surface area contributed by atoms with E-state index in [4.69, 9.17) is 14.3 Å². The Morgan fingerprint density at radius 2 is 2.22 bits per heavy atom. The molecule has 0 amide bonds. The van der Waals surface area contributed by atoms with Gasteiger partial charge in [-0.25, -0.2) is 9.78 Å². The zero-order valence-electron chi connectivity index (χ0n) is 9.30. The number of hydrogen-bond donors (Lipinski definition) is 1. The SMILES string of the molecule is O=C(O)c1ncoc1CCOc1ccccc1Br. The van der Waals surface area contributed by atoms with Crippen molar-refractivity contribution in [2.45, 2.75) is 6.42 Å². The number of aromatic carboxylic acids is 1. The van der Waals surface area contributed by atoms with E-state index in [1.54, 1.807) is 0 Å². The molecule has 1 heterocycles. The van der Waals surface area contributed by atoms with E-state index < -0.39 is 5.97 Å². The molecule has 1 aromatic carbocycles. The highest BCUT2D eigenvalue weighted by molar-refractivity contribution is 9.10. The monoisotopic (exact) mass is 311 g/mol. The van der Waals surface area contributed by atoms with E-state index in [1.807, 2.05) is 24.3 Å². The van der Waals surface area contributed by atoms with Crippen LogP contribution in [0, 0.1) is 0 Å². The molecule has 2 rings (SSSR count). The summed E-state index contributed by atoms with van der Waals surface area (Å²) in [4.78, 5) is 14.4. The Bertz CT molecular complexity index is 553. The molecule has 0 saturated heterocycles. The summed E-state index contributed by atoms with van der Waals surface area (Å²) in [6, 6.07) is 7.43. The van der Waals surface area contributed by atoms with E-state index in [-0.39, 0.29) is 5.69 Å². The highest BCUT2D eigenvalue weighted by Crippen LogP contribution is 2.23. The molecule has 0 aliphatic rings. The Morgan fingerprint density at radius 1 is 1.44 bits per heavy atom. The summed E-state index contributed by atoms with van der Waals surface area (Å²) in [7, 11) is 0. The van der Waals surface area contributed by atoms with E-state index in [9.17, 15) is 4.79 Å². The minimum atomic E-state index is -1.10. The third kappa shape index (κ3) is 2.89. The van der Waals surface area contributed by atoms with Crippen molar-refractivity contribution in [1.82, 2.24) is 4.98 Å². The van der Waals surface area contributed by atoms with Crippen LogP contribution in [0.4, 0.5) is 0 Å². The lowest BCUT2D eigenvalue weighted by molar-refractivity contribution is 0.0688. The van der Waals surface area contributed by atoms with E-state index in [0.717, 1.165) is 10.9 Å². The van der Waals surface area contributed by atoms with Gasteiger partial charge in [-0.15, -0.1) is 0 Å². The highest BCUT2D eigenvalue weighted by atomic mass is 79.9. The predicted octanol–water partition coefficient (Wildman–Crippen LogP) is 2.76. The lowest BCUT2D eigenvalue weighted by Crippen LogP contribution is -2.06. The second-order valence-corrected chi connectivity index (χ2v) is 4.31. The normalized spacial score (nSPS) is 10.3. The van der Waals surface area contributed by atoms with Gasteiger partial charge >= 0.3 is 5.97 Å². The van der Waals surface area contributed by atoms with Gasteiger partial charge in [0.15, 0.2) is 12.1 Å². The van der Waals surface area contributed by atoms with Crippen molar-refractivity contribution in [3.63, 3.8) is 0 Å². The Kier molecular flexibility index (Phi) is 3.99.